The lowest BCUT2D eigenvalue weighted by Crippen LogP contribution is -2.29. The van der Waals surface area contributed by atoms with Crippen LogP contribution in [-0.2, 0) is 0 Å². The zero-order valence-electron chi connectivity index (χ0n) is 12.8. The van der Waals surface area contributed by atoms with Crippen LogP contribution in [0.5, 0.6) is 0 Å². The summed E-state index contributed by atoms with van der Waals surface area (Å²) in [5, 5.41) is 8.90. The molecule has 0 spiro atoms. The molecule has 1 aromatic carbocycles. The number of carbonyl (C=O) groups is 1. The van der Waals surface area contributed by atoms with Crippen molar-refractivity contribution in [1.82, 2.24) is 9.57 Å². The Morgan fingerprint density at radius 2 is 1.82 bits per heavy atom. The molecule has 1 saturated heterocycles. The largest absolute Gasteiger partial charge is 0.395 e. The van der Waals surface area contributed by atoms with Crippen molar-refractivity contribution in [2.75, 3.05) is 33.3 Å². The number of rotatable bonds is 4. The van der Waals surface area contributed by atoms with Crippen molar-refractivity contribution in [2.24, 2.45) is 0 Å². The van der Waals surface area contributed by atoms with Crippen molar-refractivity contribution in [3.63, 3.8) is 0 Å². The van der Waals surface area contributed by atoms with E-state index in [9.17, 15) is 4.79 Å². The molecule has 1 N–H and O–H groups in total. The van der Waals surface area contributed by atoms with Crippen molar-refractivity contribution < 1.29 is 9.90 Å². The van der Waals surface area contributed by atoms with Gasteiger partial charge in [-0.15, -0.1) is 0 Å². The molecule has 1 aromatic rings. The number of aliphatic hydroxyl groups excluding tert-OH is 1. The minimum atomic E-state index is -0.0688. The predicted molar refractivity (Wildman–Crippen MR) is 96.9 cm³/mol. The van der Waals surface area contributed by atoms with Crippen LogP contribution in [0.1, 0.15) is 28.8 Å². The van der Waals surface area contributed by atoms with Crippen LogP contribution >= 0.6 is 25.3 Å². The molecule has 1 amide bonds. The van der Waals surface area contributed by atoms with Gasteiger partial charge in [0.1, 0.15) is 0 Å². The number of amides is 1. The summed E-state index contributed by atoms with van der Waals surface area (Å²) in [6.45, 7) is 2.43. The van der Waals surface area contributed by atoms with Crippen LogP contribution in [0.15, 0.2) is 29.8 Å². The first kappa shape index (κ1) is 17.6. The van der Waals surface area contributed by atoms with Gasteiger partial charge in [0.05, 0.1) is 6.61 Å². The van der Waals surface area contributed by atoms with Crippen molar-refractivity contribution in [1.29, 1.82) is 0 Å². The summed E-state index contributed by atoms with van der Waals surface area (Å²) in [6.07, 6.45) is 2.12. The number of likely N-dealkylation sites (N-methyl/N-ethyl adjacent to an activating group) is 1. The topological polar surface area (TPSA) is 43.8 Å². The lowest BCUT2D eigenvalue weighted by molar-refractivity contribution is 0.0767. The molecule has 6 heteroatoms. The third-order valence-corrected chi connectivity index (χ3v) is 5.41. The van der Waals surface area contributed by atoms with E-state index in [4.69, 9.17) is 5.11 Å². The standard InChI is InChI=1S/C16H22BrN2O2P/c1-18(10-11-20)16(21)14-4-2-12(3-5-14)15(17)13-6-8-19(22)9-7-13/h2-5,20H,6-11,22H2,1H3. The number of piperidine rings is 1. The molecular weight excluding hydrogens is 363 g/mol. The highest BCUT2D eigenvalue weighted by Gasteiger charge is 2.15. The van der Waals surface area contributed by atoms with E-state index in [0.29, 0.717) is 12.1 Å². The molecule has 0 radical (unpaired) electrons. The minimum absolute atomic E-state index is 0.0231. The number of nitrogens with zero attached hydrogens (tertiary/aromatic N) is 2. The number of hydrogen-bond acceptors (Lipinski definition) is 3. The van der Waals surface area contributed by atoms with Gasteiger partial charge in [0.15, 0.2) is 0 Å². The first-order valence-electron chi connectivity index (χ1n) is 7.37. The Morgan fingerprint density at radius 1 is 1.27 bits per heavy atom. The van der Waals surface area contributed by atoms with Gasteiger partial charge in [-0.05, 0) is 30.5 Å². The molecular formula is C16H22BrN2O2P. The highest BCUT2D eigenvalue weighted by atomic mass is 79.9. The molecule has 1 aliphatic heterocycles. The first-order chi connectivity index (χ1) is 10.5. The van der Waals surface area contributed by atoms with Gasteiger partial charge >= 0.3 is 0 Å². The smallest absolute Gasteiger partial charge is 0.253 e. The van der Waals surface area contributed by atoms with E-state index in [-0.39, 0.29) is 12.5 Å². The van der Waals surface area contributed by atoms with E-state index < -0.39 is 0 Å². The van der Waals surface area contributed by atoms with E-state index >= 15 is 0 Å². The lowest BCUT2D eigenvalue weighted by Gasteiger charge is -2.25. The Kier molecular flexibility index (Phi) is 6.57. The third kappa shape index (κ3) is 4.39. The van der Waals surface area contributed by atoms with Gasteiger partial charge in [-0.1, -0.05) is 43.0 Å². The summed E-state index contributed by atoms with van der Waals surface area (Å²) in [7, 11) is 4.45. The molecule has 1 aliphatic rings. The fraction of sp³-hybridized carbons (Fsp3) is 0.438. The molecule has 4 nitrogen and oxygen atoms in total. The summed E-state index contributed by atoms with van der Waals surface area (Å²) >= 11 is 3.71. The maximum atomic E-state index is 12.1. The lowest BCUT2D eigenvalue weighted by atomic mass is 10.0. The number of halogens is 1. The van der Waals surface area contributed by atoms with Crippen molar-refractivity contribution in [3.05, 3.63) is 41.0 Å². The van der Waals surface area contributed by atoms with E-state index in [2.05, 4.69) is 30.0 Å². The van der Waals surface area contributed by atoms with Crippen LogP contribution < -0.4 is 0 Å². The number of aliphatic hydroxyl groups is 1. The van der Waals surface area contributed by atoms with Gasteiger partial charge in [0, 0.05) is 36.7 Å². The van der Waals surface area contributed by atoms with Crippen LogP contribution in [0, 0.1) is 0 Å². The molecule has 1 unspecified atom stereocenters. The molecule has 2 rings (SSSR count). The second kappa shape index (κ2) is 8.21. The second-order valence-electron chi connectivity index (χ2n) is 5.48. The van der Waals surface area contributed by atoms with E-state index in [1.807, 2.05) is 24.3 Å². The van der Waals surface area contributed by atoms with Crippen LogP contribution in [0.3, 0.4) is 0 Å². The fourth-order valence-corrected chi connectivity index (χ4v) is 3.37. The summed E-state index contributed by atoms with van der Waals surface area (Å²) in [5.41, 5.74) is 3.17. The van der Waals surface area contributed by atoms with Crippen LogP contribution in [0.25, 0.3) is 4.48 Å². The predicted octanol–water partition coefficient (Wildman–Crippen LogP) is 2.74. The molecule has 0 saturated carbocycles. The molecule has 120 valence electrons. The summed E-state index contributed by atoms with van der Waals surface area (Å²) in [4.78, 5) is 13.7. The number of benzene rings is 1. The van der Waals surface area contributed by atoms with Gasteiger partial charge in [-0.25, -0.2) is 0 Å². The third-order valence-electron chi connectivity index (χ3n) is 3.88. The monoisotopic (exact) mass is 384 g/mol. The highest BCUT2D eigenvalue weighted by molar-refractivity contribution is 9.15. The summed E-state index contributed by atoms with van der Waals surface area (Å²) in [6, 6.07) is 7.64. The van der Waals surface area contributed by atoms with E-state index in [1.54, 1.807) is 7.05 Å². The Morgan fingerprint density at radius 3 is 2.36 bits per heavy atom. The zero-order chi connectivity index (χ0) is 16.1. The Bertz CT molecular complexity index is 550. The molecule has 1 fully saturated rings. The fourth-order valence-electron chi connectivity index (χ4n) is 2.45. The molecule has 0 bridgehead atoms. The van der Waals surface area contributed by atoms with E-state index in [1.165, 1.54) is 10.5 Å². The average molecular weight is 385 g/mol. The van der Waals surface area contributed by atoms with Gasteiger partial charge in [-0.3, -0.25) is 9.46 Å². The number of carbonyl (C=O) groups excluding carboxylic acids is 1. The SMILES string of the molecule is CN(CCO)C(=O)c1ccc(C(Br)=C2CCN(P)CC2)cc1. The highest BCUT2D eigenvalue weighted by Crippen LogP contribution is 2.32. The van der Waals surface area contributed by atoms with Gasteiger partial charge < -0.3 is 10.0 Å². The maximum absolute atomic E-state index is 12.1. The van der Waals surface area contributed by atoms with Gasteiger partial charge in [-0.2, -0.15) is 0 Å². The van der Waals surface area contributed by atoms with Gasteiger partial charge in [0.2, 0.25) is 0 Å². The maximum Gasteiger partial charge on any atom is 0.253 e. The molecule has 1 heterocycles. The summed E-state index contributed by atoms with van der Waals surface area (Å²) in [5.74, 6) is -0.0688. The number of hydrogen-bond donors (Lipinski definition) is 1. The Balaban J connectivity index is 2.11. The van der Waals surface area contributed by atoms with E-state index in [0.717, 1.165) is 36.0 Å². The Hall–Kier alpha value is -0.740. The molecule has 0 aromatic heterocycles. The minimum Gasteiger partial charge on any atom is -0.395 e. The van der Waals surface area contributed by atoms with Crippen LogP contribution in [0.4, 0.5) is 0 Å². The Labute approximate surface area is 142 Å². The molecule has 0 aliphatic carbocycles. The normalized spacial score (nSPS) is 15.7. The van der Waals surface area contributed by atoms with Crippen molar-refractivity contribution in [2.45, 2.75) is 12.8 Å². The quantitative estimate of drug-likeness (QED) is 0.811. The van der Waals surface area contributed by atoms with Crippen molar-refractivity contribution in [3.8, 4) is 0 Å². The molecule has 22 heavy (non-hydrogen) atoms. The van der Waals surface area contributed by atoms with Crippen molar-refractivity contribution >= 4 is 35.7 Å². The first-order valence-corrected chi connectivity index (χ1v) is 8.67. The average Bonchev–Trinajstić information content (AvgIpc) is 2.54. The second-order valence-corrected chi connectivity index (χ2v) is 7.00. The van der Waals surface area contributed by atoms with Crippen LogP contribution in [0.2, 0.25) is 0 Å². The zero-order valence-corrected chi connectivity index (χ0v) is 15.5. The molecule has 1 atom stereocenters. The van der Waals surface area contributed by atoms with Crippen LogP contribution in [-0.4, -0.2) is 53.9 Å². The summed E-state index contributed by atoms with van der Waals surface area (Å²) < 4.78 is 3.40. The van der Waals surface area contributed by atoms with Gasteiger partial charge in [0.25, 0.3) is 5.91 Å².